The second-order valence-corrected chi connectivity index (χ2v) is 6.61. The monoisotopic (exact) mass is 252 g/mol. The van der Waals surface area contributed by atoms with E-state index in [4.69, 9.17) is 9.47 Å². The zero-order chi connectivity index (χ0) is 13.3. The molecule has 18 heavy (non-hydrogen) atoms. The minimum Gasteiger partial charge on any atom is -0.495 e. The summed E-state index contributed by atoms with van der Waals surface area (Å²) in [5.41, 5.74) is 0. The minimum absolute atomic E-state index is 0.385. The summed E-state index contributed by atoms with van der Waals surface area (Å²) in [6, 6.07) is 0. The molecule has 2 aliphatic heterocycles. The molecule has 0 N–H and O–H groups in total. The lowest BCUT2D eigenvalue weighted by molar-refractivity contribution is 0.0636. The Morgan fingerprint density at radius 2 is 2.06 bits per heavy atom. The quantitative estimate of drug-likeness (QED) is 0.752. The maximum atomic E-state index is 6.01. The summed E-state index contributed by atoms with van der Waals surface area (Å²) in [6.07, 6.45) is 5.53. The van der Waals surface area contributed by atoms with E-state index in [0.717, 1.165) is 24.7 Å². The predicted octanol–water partition coefficient (Wildman–Crippen LogP) is 4.01. The summed E-state index contributed by atoms with van der Waals surface area (Å²) in [4.78, 5) is 0. The third-order valence-corrected chi connectivity index (χ3v) is 4.60. The van der Waals surface area contributed by atoms with Gasteiger partial charge >= 0.3 is 0 Å². The topological polar surface area (TPSA) is 18.5 Å². The molecule has 2 heterocycles. The van der Waals surface area contributed by atoms with Crippen molar-refractivity contribution >= 4 is 0 Å². The van der Waals surface area contributed by atoms with Crippen molar-refractivity contribution in [2.24, 2.45) is 23.7 Å². The second-order valence-electron chi connectivity index (χ2n) is 6.61. The van der Waals surface area contributed by atoms with Gasteiger partial charge in [0.25, 0.3) is 0 Å². The first-order valence-corrected chi connectivity index (χ1v) is 7.44. The van der Waals surface area contributed by atoms with Gasteiger partial charge in [0, 0.05) is 5.92 Å². The number of hydrogen-bond acceptors (Lipinski definition) is 2. The number of allylic oxidation sites excluding steroid dienone is 1. The number of hydrogen-bond donors (Lipinski definition) is 0. The lowest BCUT2D eigenvalue weighted by Crippen LogP contribution is -2.26. The normalized spacial score (nSPS) is 37.8. The van der Waals surface area contributed by atoms with Crippen LogP contribution in [0.1, 0.15) is 47.5 Å². The van der Waals surface area contributed by atoms with Crippen molar-refractivity contribution in [3.63, 3.8) is 0 Å². The van der Waals surface area contributed by atoms with Gasteiger partial charge in [-0.2, -0.15) is 0 Å². The average molecular weight is 252 g/mol. The Kier molecular flexibility index (Phi) is 4.37. The van der Waals surface area contributed by atoms with Crippen LogP contribution in [0.4, 0.5) is 0 Å². The van der Waals surface area contributed by atoms with Gasteiger partial charge in [-0.25, -0.2) is 0 Å². The third-order valence-electron chi connectivity index (χ3n) is 4.60. The summed E-state index contributed by atoms with van der Waals surface area (Å²) >= 11 is 0. The molecule has 0 radical (unpaired) electrons. The largest absolute Gasteiger partial charge is 0.495 e. The third kappa shape index (κ3) is 3.09. The highest BCUT2D eigenvalue weighted by Crippen LogP contribution is 2.36. The van der Waals surface area contributed by atoms with Crippen LogP contribution in [0.25, 0.3) is 0 Å². The van der Waals surface area contributed by atoms with E-state index in [2.05, 4.69) is 40.7 Å². The van der Waals surface area contributed by atoms with Gasteiger partial charge in [0.05, 0.1) is 18.5 Å². The van der Waals surface area contributed by atoms with Gasteiger partial charge in [-0.3, -0.25) is 0 Å². The Balaban J connectivity index is 1.89. The van der Waals surface area contributed by atoms with Gasteiger partial charge in [-0.15, -0.1) is 0 Å². The lowest BCUT2D eigenvalue weighted by atomic mass is 9.81. The van der Waals surface area contributed by atoms with Crippen molar-refractivity contribution in [2.75, 3.05) is 6.61 Å². The standard InChI is InChI=1S/C16H28O2/c1-10(2)15-8-13(5)18-16(15)6-11(3)14-7-12(4)17-9-14/h8,10-12,14-16H,6-7,9H2,1-5H3. The predicted molar refractivity (Wildman–Crippen MR) is 74.3 cm³/mol. The molecule has 1 saturated heterocycles. The van der Waals surface area contributed by atoms with Crippen molar-refractivity contribution in [1.29, 1.82) is 0 Å². The van der Waals surface area contributed by atoms with Crippen LogP contribution in [-0.4, -0.2) is 18.8 Å². The Morgan fingerprint density at radius 3 is 2.61 bits per heavy atom. The summed E-state index contributed by atoms with van der Waals surface area (Å²) < 4.78 is 11.7. The molecule has 0 aromatic rings. The molecular formula is C16H28O2. The Labute approximate surface area is 112 Å². The first kappa shape index (κ1) is 13.9. The lowest BCUT2D eigenvalue weighted by Gasteiger charge is -2.27. The Morgan fingerprint density at radius 1 is 1.33 bits per heavy atom. The van der Waals surface area contributed by atoms with Gasteiger partial charge in [0.1, 0.15) is 6.10 Å². The highest BCUT2D eigenvalue weighted by molar-refractivity contribution is 5.05. The van der Waals surface area contributed by atoms with Gasteiger partial charge in [0.15, 0.2) is 0 Å². The molecule has 2 heteroatoms. The van der Waals surface area contributed by atoms with E-state index in [0.29, 0.717) is 30.0 Å². The molecule has 2 nitrogen and oxygen atoms in total. The Bertz CT molecular complexity index is 308. The maximum absolute atomic E-state index is 6.01. The van der Waals surface area contributed by atoms with Gasteiger partial charge < -0.3 is 9.47 Å². The first-order valence-electron chi connectivity index (χ1n) is 7.44. The molecule has 104 valence electrons. The second kappa shape index (κ2) is 5.64. The average Bonchev–Trinajstić information content (AvgIpc) is 2.85. The van der Waals surface area contributed by atoms with E-state index in [9.17, 15) is 0 Å². The van der Waals surface area contributed by atoms with Crippen molar-refractivity contribution in [1.82, 2.24) is 0 Å². The summed E-state index contributed by atoms with van der Waals surface area (Å²) in [5, 5.41) is 0. The minimum atomic E-state index is 0.385. The molecular weight excluding hydrogens is 224 g/mol. The van der Waals surface area contributed by atoms with E-state index in [1.54, 1.807) is 0 Å². The molecule has 1 fully saturated rings. The fraction of sp³-hybridized carbons (Fsp3) is 0.875. The highest BCUT2D eigenvalue weighted by Gasteiger charge is 2.34. The number of rotatable bonds is 4. The number of ether oxygens (including phenoxy) is 2. The molecule has 0 aliphatic carbocycles. The fourth-order valence-corrected chi connectivity index (χ4v) is 3.37. The summed E-state index contributed by atoms with van der Waals surface area (Å²) in [5.74, 6) is 3.78. The summed E-state index contributed by atoms with van der Waals surface area (Å²) in [6.45, 7) is 12.2. The smallest absolute Gasteiger partial charge is 0.105 e. The van der Waals surface area contributed by atoms with Gasteiger partial charge in [-0.1, -0.05) is 20.8 Å². The molecule has 0 amide bonds. The molecule has 0 spiro atoms. The van der Waals surface area contributed by atoms with E-state index >= 15 is 0 Å². The van der Waals surface area contributed by atoms with Crippen LogP contribution in [0.2, 0.25) is 0 Å². The van der Waals surface area contributed by atoms with Crippen LogP contribution in [0.15, 0.2) is 11.8 Å². The van der Waals surface area contributed by atoms with Crippen LogP contribution < -0.4 is 0 Å². The molecule has 5 atom stereocenters. The molecule has 2 aliphatic rings. The van der Waals surface area contributed by atoms with Crippen LogP contribution in [0.3, 0.4) is 0 Å². The molecule has 0 saturated carbocycles. The zero-order valence-corrected chi connectivity index (χ0v) is 12.5. The van der Waals surface area contributed by atoms with Crippen LogP contribution in [-0.2, 0) is 9.47 Å². The maximum Gasteiger partial charge on any atom is 0.105 e. The summed E-state index contributed by atoms with van der Waals surface area (Å²) in [7, 11) is 0. The van der Waals surface area contributed by atoms with E-state index in [-0.39, 0.29) is 0 Å². The molecule has 5 unspecified atom stereocenters. The van der Waals surface area contributed by atoms with Crippen LogP contribution >= 0.6 is 0 Å². The SMILES string of the molecule is CC1=CC(C(C)C)C(CC(C)C2COC(C)C2)O1. The fourth-order valence-electron chi connectivity index (χ4n) is 3.37. The molecule has 0 aromatic heterocycles. The van der Waals surface area contributed by atoms with Crippen molar-refractivity contribution in [3.8, 4) is 0 Å². The van der Waals surface area contributed by atoms with Crippen LogP contribution in [0, 0.1) is 23.7 Å². The van der Waals surface area contributed by atoms with E-state index in [1.807, 2.05) is 0 Å². The van der Waals surface area contributed by atoms with E-state index in [1.165, 1.54) is 6.42 Å². The molecule has 2 rings (SSSR count). The van der Waals surface area contributed by atoms with Crippen molar-refractivity contribution in [2.45, 2.75) is 59.7 Å². The van der Waals surface area contributed by atoms with Crippen LogP contribution in [0.5, 0.6) is 0 Å². The zero-order valence-electron chi connectivity index (χ0n) is 12.5. The Hall–Kier alpha value is -0.500. The van der Waals surface area contributed by atoms with Gasteiger partial charge in [0.2, 0.25) is 0 Å². The first-order chi connectivity index (χ1) is 8.47. The van der Waals surface area contributed by atoms with Crippen molar-refractivity contribution in [3.05, 3.63) is 11.8 Å². The van der Waals surface area contributed by atoms with Gasteiger partial charge in [-0.05, 0) is 50.5 Å². The molecule has 0 aromatic carbocycles. The highest BCUT2D eigenvalue weighted by atomic mass is 16.5. The van der Waals surface area contributed by atoms with E-state index < -0.39 is 0 Å². The molecule has 0 bridgehead atoms. The van der Waals surface area contributed by atoms with Crippen molar-refractivity contribution < 1.29 is 9.47 Å².